The van der Waals surface area contributed by atoms with Crippen LogP contribution in [0.1, 0.15) is 38.2 Å². The summed E-state index contributed by atoms with van der Waals surface area (Å²) in [5.74, 6) is 0.263. The van der Waals surface area contributed by atoms with Crippen molar-refractivity contribution in [3.8, 4) is 0 Å². The first-order chi connectivity index (χ1) is 11.7. The molecule has 1 amide bonds. The molecular weight excluding hydrogens is 302 g/mol. The lowest BCUT2D eigenvalue weighted by atomic mass is 9.73. The van der Waals surface area contributed by atoms with E-state index in [1.54, 1.807) is 0 Å². The number of nitrogens with zero attached hydrogens (tertiary/aromatic N) is 1. The lowest BCUT2D eigenvalue weighted by Gasteiger charge is -2.50. The molecule has 2 aliphatic rings. The molecule has 1 aromatic rings. The second kappa shape index (κ2) is 8.13. The van der Waals surface area contributed by atoms with Gasteiger partial charge in [-0.1, -0.05) is 30.3 Å². The van der Waals surface area contributed by atoms with E-state index in [2.05, 4.69) is 12.1 Å². The molecule has 0 spiro atoms. The zero-order valence-electron chi connectivity index (χ0n) is 14.7. The number of carbonyl (C=O) groups excluding carboxylic acids is 1. The molecule has 4 nitrogen and oxygen atoms in total. The summed E-state index contributed by atoms with van der Waals surface area (Å²) >= 11 is 0. The standard InChI is InChI=1S/C20H29NO3/c1-2-23-16-20-12-6-14-24-18(20)11-13-21(15-20)19(22)10-9-17-7-4-3-5-8-17/h3-5,7-8,18H,2,6,9-16H2,1H3/t18-,20-/m0/s1. The largest absolute Gasteiger partial charge is 0.381 e. The monoisotopic (exact) mass is 331 g/mol. The molecule has 0 radical (unpaired) electrons. The third-order valence-corrected chi connectivity index (χ3v) is 5.40. The molecule has 0 unspecified atom stereocenters. The normalized spacial score (nSPS) is 26.9. The zero-order chi connectivity index (χ0) is 16.8. The van der Waals surface area contributed by atoms with E-state index in [1.807, 2.05) is 30.0 Å². The van der Waals surface area contributed by atoms with Crippen molar-refractivity contribution in [1.82, 2.24) is 4.90 Å². The smallest absolute Gasteiger partial charge is 0.222 e. The van der Waals surface area contributed by atoms with Crippen molar-refractivity contribution in [3.05, 3.63) is 35.9 Å². The van der Waals surface area contributed by atoms with Gasteiger partial charge in [0.15, 0.2) is 0 Å². The van der Waals surface area contributed by atoms with Gasteiger partial charge in [0, 0.05) is 38.1 Å². The average Bonchev–Trinajstić information content (AvgIpc) is 2.65. The number of likely N-dealkylation sites (tertiary alicyclic amines) is 1. The van der Waals surface area contributed by atoms with Gasteiger partial charge in [-0.2, -0.15) is 0 Å². The summed E-state index contributed by atoms with van der Waals surface area (Å²) in [6, 6.07) is 10.2. The Kier molecular flexibility index (Phi) is 5.90. The summed E-state index contributed by atoms with van der Waals surface area (Å²) in [7, 11) is 0. The van der Waals surface area contributed by atoms with Gasteiger partial charge in [-0.3, -0.25) is 4.79 Å². The van der Waals surface area contributed by atoms with Crippen molar-refractivity contribution in [2.45, 2.75) is 45.1 Å². The summed E-state index contributed by atoms with van der Waals surface area (Å²) in [6.07, 6.45) is 4.74. The van der Waals surface area contributed by atoms with E-state index in [1.165, 1.54) is 5.56 Å². The van der Waals surface area contributed by atoms with Gasteiger partial charge in [0.25, 0.3) is 0 Å². The van der Waals surface area contributed by atoms with E-state index >= 15 is 0 Å². The van der Waals surface area contributed by atoms with Gasteiger partial charge in [-0.15, -0.1) is 0 Å². The van der Waals surface area contributed by atoms with Gasteiger partial charge in [0.2, 0.25) is 5.91 Å². The molecule has 1 aromatic carbocycles. The van der Waals surface area contributed by atoms with Crippen LogP contribution >= 0.6 is 0 Å². The topological polar surface area (TPSA) is 38.8 Å². The maximum absolute atomic E-state index is 12.7. The van der Waals surface area contributed by atoms with Crippen molar-refractivity contribution < 1.29 is 14.3 Å². The minimum Gasteiger partial charge on any atom is -0.381 e. The SMILES string of the molecule is CCOC[C@@]12CCCO[C@H]1CCN(C(=O)CCc1ccccc1)C2. The molecule has 24 heavy (non-hydrogen) atoms. The maximum Gasteiger partial charge on any atom is 0.222 e. The Hall–Kier alpha value is -1.39. The van der Waals surface area contributed by atoms with E-state index < -0.39 is 0 Å². The first-order valence-corrected chi connectivity index (χ1v) is 9.24. The van der Waals surface area contributed by atoms with Crippen molar-refractivity contribution in [2.24, 2.45) is 5.41 Å². The quantitative estimate of drug-likeness (QED) is 0.804. The van der Waals surface area contributed by atoms with Crippen LogP contribution < -0.4 is 0 Å². The first-order valence-electron chi connectivity index (χ1n) is 9.24. The molecule has 3 rings (SSSR count). The molecule has 0 aliphatic carbocycles. The first kappa shape index (κ1) is 17.4. The molecule has 2 heterocycles. The maximum atomic E-state index is 12.7. The summed E-state index contributed by atoms with van der Waals surface area (Å²) in [5, 5.41) is 0. The Morgan fingerprint density at radius 1 is 1.38 bits per heavy atom. The highest BCUT2D eigenvalue weighted by molar-refractivity contribution is 5.76. The summed E-state index contributed by atoms with van der Waals surface area (Å²) in [4.78, 5) is 14.8. The number of benzene rings is 1. The predicted molar refractivity (Wildman–Crippen MR) is 93.9 cm³/mol. The number of aryl methyl sites for hydroxylation is 1. The molecule has 132 valence electrons. The van der Waals surface area contributed by atoms with E-state index in [9.17, 15) is 4.79 Å². The van der Waals surface area contributed by atoms with E-state index in [-0.39, 0.29) is 17.4 Å². The van der Waals surface area contributed by atoms with Gasteiger partial charge in [-0.25, -0.2) is 0 Å². The molecule has 0 aromatic heterocycles. The third kappa shape index (κ3) is 3.98. The lowest BCUT2D eigenvalue weighted by Crippen LogP contribution is -2.58. The van der Waals surface area contributed by atoms with Gasteiger partial charge in [-0.05, 0) is 38.2 Å². The van der Waals surface area contributed by atoms with Crippen LogP contribution in [0, 0.1) is 5.41 Å². The average molecular weight is 331 g/mol. The number of carbonyl (C=O) groups is 1. The highest BCUT2D eigenvalue weighted by Gasteiger charge is 2.46. The summed E-state index contributed by atoms with van der Waals surface area (Å²) in [5.41, 5.74) is 1.22. The predicted octanol–water partition coefficient (Wildman–Crippen LogP) is 3.05. The number of hydrogen-bond acceptors (Lipinski definition) is 3. The fourth-order valence-electron chi connectivity index (χ4n) is 4.07. The number of ether oxygens (including phenoxy) is 2. The number of rotatable bonds is 6. The number of fused-ring (bicyclic) bond motifs is 1. The van der Waals surface area contributed by atoms with Crippen LogP contribution in [0.4, 0.5) is 0 Å². The molecule has 2 aliphatic heterocycles. The minimum absolute atomic E-state index is 0.00504. The van der Waals surface area contributed by atoms with Crippen LogP contribution in [0.2, 0.25) is 0 Å². The van der Waals surface area contributed by atoms with Crippen LogP contribution in [0.15, 0.2) is 30.3 Å². The third-order valence-electron chi connectivity index (χ3n) is 5.40. The second-order valence-electron chi connectivity index (χ2n) is 7.05. The summed E-state index contributed by atoms with van der Waals surface area (Å²) in [6.45, 7) is 5.89. The molecule has 2 saturated heterocycles. The minimum atomic E-state index is -0.00504. The van der Waals surface area contributed by atoms with E-state index in [0.29, 0.717) is 13.0 Å². The molecule has 2 atom stereocenters. The van der Waals surface area contributed by atoms with E-state index in [0.717, 1.165) is 52.0 Å². The van der Waals surface area contributed by atoms with Crippen molar-refractivity contribution in [2.75, 3.05) is 32.9 Å². The van der Waals surface area contributed by atoms with Gasteiger partial charge >= 0.3 is 0 Å². The van der Waals surface area contributed by atoms with Crippen LogP contribution in [-0.4, -0.2) is 49.8 Å². The number of piperidine rings is 1. The fraction of sp³-hybridized carbons (Fsp3) is 0.650. The second-order valence-corrected chi connectivity index (χ2v) is 7.05. The number of amides is 1. The van der Waals surface area contributed by atoms with Crippen LogP contribution in [0.3, 0.4) is 0 Å². The Morgan fingerprint density at radius 2 is 2.21 bits per heavy atom. The van der Waals surface area contributed by atoms with Crippen LogP contribution in [0.5, 0.6) is 0 Å². The van der Waals surface area contributed by atoms with Crippen LogP contribution in [0.25, 0.3) is 0 Å². The Morgan fingerprint density at radius 3 is 3.00 bits per heavy atom. The molecule has 0 N–H and O–H groups in total. The van der Waals surface area contributed by atoms with Gasteiger partial charge in [0.1, 0.15) is 0 Å². The molecule has 4 heteroatoms. The van der Waals surface area contributed by atoms with Gasteiger partial charge in [0.05, 0.1) is 12.7 Å². The molecule has 0 bridgehead atoms. The van der Waals surface area contributed by atoms with Crippen LogP contribution in [-0.2, 0) is 20.7 Å². The Labute approximate surface area is 145 Å². The molecular formula is C20H29NO3. The zero-order valence-corrected chi connectivity index (χ0v) is 14.7. The van der Waals surface area contributed by atoms with Crippen molar-refractivity contribution in [1.29, 1.82) is 0 Å². The highest BCUT2D eigenvalue weighted by Crippen LogP contribution is 2.40. The molecule has 0 saturated carbocycles. The van der Waals surface area contributed by atoms with E-state index in [4.69, 9.17) is 9.47 Å². The highest BCUT2D eigenvalue weighted by atomic mass is 16.5. The molecule has 2 fully saturated rings. The van der Waals surface area contributed by atoms with Gasteiger partial charge < -0.3 is 14.4 Å². The number of hydrogen-bond donors (Lipinski definition) is 0. The lowest BCUT2D eigenvalue weighted by molar-refractivity contribution is -0.164. The Balaban J connectivity index is 1.60. The fourth-order valence-corrected chi connectivity index (χ4v) is 4.07. The summed E-state index contributed by atoms with van der Waals surface area (Å²) < 4.78 is 11.8. The van der Waals surface area contributed by atoms with Crippen molar-refractivity contribution in [3.63, 3.8) is 0 Å². The van der Waals surface area contributed by atoms with Crippen molar-refractivity contribution >= 4 is 5.91 Å². The Bertz CT molecular complexity index is 533.